The van der Waals surface area contributed by atoms with Crippen LogP contribution in [0.3, 0.4) is 0 Å². The topological polar surface area (TPSA) is 72.8 Å². The van der Waals surface area contributed by atoms with Gasteiger partial charge in [-0.2, -0.15) is 0 Å². The lowest BCUT2D eigenvalue weighted by atomic mass is 9.86. The Morgan fingerprint density at radius 3 is 2.61 bits per heavy atom. The second-order valence-corrected chi connectivity index (χ2v) is 7.14. The van der Waals surface area contributed by atoms with Crippen LogP contribution < -0.4 is 5.32 Å². The number of aliphatic hydroxyl groups excluding tert-OH is 2. The van der Waals surface area contributed by atoms with Crippen LogP contribution in [0.25, 0.3) is 5.03 Å². The minimum atomic E-state index is -0.111. The molecule has 0 radical (unpaired) electrons. The third-order valence-corrected chi connectivity index (χ3v) is 5.63. The predicted molar refractivity (Wildman–Crippen MR) is 95.0 cm³/mol. The number of aliphatic hydroxyl groups is 2. The molecule has 1 aliphatic carbocycles. The van der Waals surface area contributed by atoms with E-state index in [4.69, 9.17) is 21.8 Å². The van der Waals surface area contributed by atoms with Crippen LogP contribution in [0.15, 0.2) is 6.58 Å². The van der Waals surface area contributed by atoms with Crippen LogP contribution in [0, 0.1) is 5.92 Å². The van der Waals surface area contributed by atoms with E-state index in [2.05, 4.69) is 11.9 Å². The average Bonchev–Trinajstić information content (AvgIpc) is 2.91. The van der Waals surface area contributed by atoms with Crippen LogP contribution in [-0.2, 0) is 17.6 Å². The van der Waals surface area contributed by atoms with Crippen molar-refractivity contribution < 1.29 is 15.0 Å². The van der Waals surface area contributed by atoms with Gasteiger partial charge in [0.15, 0.2) is 0 Å². The number of amides is 1. The summed E-state index contributed by atoms with van der Waals surface area (Å²) in [7, 11) is 1.85. The standard InChI is InChI=1S/C16H23ClN2O3S/c1-10(17)14-12-4-3-11(9-13(12)23-15(14)18-2)16(22)19(5-7-20)6-8-21/h11,18,20-21H,1,3-9H2,2H3. The van der Waals surface area contributed by atoms with E-state index in [1.54, 1.807) is 16.2 Å². The Morgan fingerprint density at radius 2 is 2.09 bits per heavy atom. The summed E-state index contributed by atoms with van der Waals surface area (Å²) in [6.07, 6.45) is 2.21. The molecule has 0 fully saturated rings. The van der Waals surface area contributed by atoms with E-state index < -0.39 is 0 Å². The molecule has 23 heavy (non-hydrogen) atoms. The number of thiophene rings is 1. The lowest BCUT2D eigenvalue weighted by molar-refractivity contribution is -0.136. The van der Waals surface area contributed by atoms with Crippen molar-refractivity contribution in [2.75, 3.05) is 38.7 Å². The van der Waals surface area contributed by atoms with Crippen LogP contribution >= 0.6 is 22.9 Å². The van der Waals surface area contributed by atoms with Gasteiger partial charge >= 0.3 is 0 Å². The molecule has 7 heteroatoms. The minimum Gasteiger partial charge on any atom is -0.395 e. The molecule has 3 N–H and O–H groups in total. The fourth-order valence-corrected chi connectivity index (χ4v) is 4.66. The zero-order chi connectivity index (χ0) is 17.0. The minimum absolute atomic E-state index is 0.00408. The number of rotatable bonds is 7. The maximum Gasteiger partial charge on any atom is 0.226 e. The summed E-state index contributed by atoms with van der Waals surface area (Å²) in [5.74, 6) is -0.107. The van der Waals surface area contributed by atoms with Crippen LogP contribution in [0.1, 0.15) is 22.4 Å². The van der Waals surface area contributed by atoms with Crippen LogP contribution in [0.5, 0.6) is 0 Å². The summed E-state index contributed by atoms with van der Waals surface area (Å²) >= 11 is 7.76. The van der Waals surface area contributed by atoms with E-state index in [-0.39, 0.29) is 38.1 Å². The number of anilines is 1. The number of nitrogens with one attached hydrogen (secondary N) is 1. The highest BCUT2D eigenvalue weighted by atomic mass is 35.5. The third-order valence-electron chi connectivity index (χ3n) is 4.16. The number of hydrogen-bond acceptors (Lipinski definition) is 5. The Labute approximate surface area is 145 Å². The number of carbonyl (C=O) groups excluding carboxylic acids is 1. The van der Waals surface area contributed by atoms with Crippen LogP contribution in [0.2, 0.25) is 0 Å². The number of nitrogens with zero attached hydrogens (tertiary/aromatic N) is 1. The maximum absolute atomic E-state index is 12.6. The molecule has 0 bridgehead atoms. The molecule has 1 aliphatic rings. The summed E-state index contributed by atoms with van der Waals surface area (Å²) in [6.45, 7) is 4.18. The Balaban J connectivity index is 2.20. The number of carbonyl (C=O) groups is 1. The number of halogens is 1. The van der Waals surface area contributed by atoms with Crippen molar-refractivity contribution in [2.24, 2.45) is 5.92 Å². The normalized spacial score (nSPS) is 16.8. The second kappa shape index (κ2) is 8.15. The van der Waals surface area contributed by atoms with Gasteiger partial charge in [-0.1, -0.05) is 18.2 Å². The highest BCUT2D eigenvalue weighted by molar-refractivity contribution is 7.16. The first-order valence-electron chi connectivity index (χ1n) is 7.71. The van der Waals surface area contributed by atoms with Gasteiger partial charge in [0.25, 0.3) is 0 Å². The van der Waals surface area contributed by atoms with Gasteiger partial charge in [0.2, 0.25) is 5.91 Å². The quantitative estimate of drug-likeness (QED) is 0.696. The van der Waals surface area contributed by atoms with Crippen LogP contribution in [-0.4, -0.2) is 54.4 Å². The molecule has 0 saturated heterocycles. The summed E-state index contributed by atoms with van der Waals surface area (Å²) in [5, 5.41) is 22.9. The number of hydrogen-bond donors (Lipinski definition) is 3. The molecule has 1 amide bonds. The molecule has 1 aromatic rings. The zero-order valence-corrected chi connectivity index (χ0v) is 14.8. The van der Waals surface area contributed by atoms with Crippen molar-refractivity contribution in [3.63, 3.8) is 0 Å². The maximum atomic E-state index is 12.6. The zero-order valence-electron chi connectivity index (χ0n) is 13.3. The molecule has 0 saturated carbocycles. The van der Waals surface area contributed by atoms with E-state index in [1.807, 2.05) is 7.05 Å². The summed E-state index contributed by atoms with van der Waals surface area (Å²) in [5.41, 5.74) is 2.17. The molecular weight excluding hydrogens is 336 g/mol. The van der Waals surface area contributed by atoms with Crippen molar-refractivity contribution >= 4 is 38.9 Å². The molecule has 0 aromatic carbocycles. The molecule has 2 rings (SSSR count). The first-order chi connectivity index (χ1) is 11.0. The first-order valence-corrected chi connectivity index (χ1v) is 8.90. The second-order valence-electron chi connectivity index (χ2n) is 5.58. The average molecular weight is 359 g/mol. The lowest BCUT2D eigenvalue weighted by Gasteiger charge is -2.28. The number of fused-ring (bicyclic) bond motifs is 1. The van der Waals surface area contributed by atoms with Crippen LogP contribution in [0.4, 0.5) is 5.00 Å². The van der Waals surface area contributed by atoms with Gasteiger partial charge in [-0.05, 0) is 24.8 Å². The molecule has 1 unspecified atom stereocenters. The largest absolute Gasteiger partial charge is 0.395 e. The van der Waals surface area contributed by atoms with Gasteiger partial charge in [-0.25, -0.2) is 0 Å². The van der Waals surface area contributed by atoms with Crippen molar-refractivity contribution in [3.05, 3.63) is 22.6 Å². The summed E-state index contributed by atoms with van der Waals surface area (Å²) in [6, 6.07) is 0. The highest BCUT2D eigenvalue weighted by Gasteiger charge is 2.31. The smallest absolute Gasteiger partial charge is 0.226 e. The third kappa shape index (κ3) is 3.88. The van der Waals surface area contributed by atoms with E-state index >= 15 is 0 Å². The van der Waals surface area contributed by atoms with Gasteiger partial charge in [0, 0.05) is 41.5 Å². The molecule has 128 valence electrons. The van der Waals surface area contributed by atoms with Crippen molar-refractivity contribution in [1.29, 1.82) is 0 Å². The fraction of sp³-hybridized carbons (Fsp3) is 0.562. The molecule has 1 atom stereocenters. The van der Waals surface area contributed by atoms with Gasteiger partial charge in [-0.3, -0.25) is 4.79 Å². The SMILES string of the molecule is C=C(Cl)c1c(NC)sc2c1CCC(C(=O)N(CCO)CCO)C2. The van der Waals surface area contributed by atoms with Gasteiger partial charge in [-0.15, -0.1) is 11.3 Å². The van der Waals surface area contributed by atoms with E-state index in [1.165, 1.54) is 10.4 Å². The van der Waals surface area contributed by atoms with Gasteiger partial charge in [0.05, 0.1) is 18.2 Å². The highest BCUT2D eigenvalue weighted by Crippen LogP contribution is 2.43. The monoisotopic (exact) mass is 358 g/mol. The molecule has 1 aromatic heterocycles. The van der Waals surface area contributed by atoms with Crippen molar-refractivity contribution in [3.8, 4) is 0 Å². The van der Waals surface area contributed by atoms with E-state index in [9.17, 15) is 4.79 Å². The Morgan fingerprint density at radius 1 is 1.43 bits per heavy atom. The molecule has 0 spiro atoms. The lowest BCUT2D eigenvalue weighted by Crippen LogP contribution is -2.41. The fourth-order valence-electron chi connectivity index (χ4n) is 3.09. The molecular formula is C16H23ClN2O3S. The van der Waals surface area contributed by atoms with Gasteiger partial charge < -0.3 is 20.4 Å². The molecule has 0 aliphatic heterocycles. The summed E-state index contributed by atoms with van der Waals surface area (Å²) < 4.78 is 0. The van der Waals surface area contributed by atoms with E-state index in [0.717, 1.165) is 23.4 Å². The molecule has 5 nitrogen and oxygen atoms in total. The Bertz CT molecular complexity index is 582. The van der Waals surface area contributed by atoms with Crippen molar-refractivity contribution in [2.45, 2.75) is 19.3 Å². The Kier molecular flexibility index (Phi) is 6.47. The summed E-state index contributed by atoms with van der Waals surface area (Å²) in [4.78, 5) is 15.3. The predicted octanol–water partition coefficient (Wildman–Crippen LogP) is 1.92. The Hall–Kier alpha value is -1.08. The van der Waals surface area contributed by atoms with E-state index in [0.29, 0.717) is 11.5 Å². The van der Waals surface area contributed by atoms with Gasteiger partial charge in [0.1, 0.15) is 0 Å². The first kappa shape index (κ1) is 18.3. The molecule has 1 heterocycles. The van der Waals surface area contributed by atoms with Crippen molar-refractivity contribution in [1.82, 2.24) is 4.90 Å².